The summed E-state index contributed by atoms with van der Waals surface area (Å²) in [5, 5.41) is 2.80. The Morgan fingerprint density at radius 2 is 2.00 bits per heavy atom. The second-order valence-electron chi connectivity index (χ2n) is 6.12. The smallest absolute Gasteiger partial charge is 0.251 e. The lowest BCUT2D eigenvalue weighted by Gasteiger charge is -2.12. The number of hydrogen-bond donors (Lipinski definition) is 2. The number of hydrogen-bond acceptors (Lipinski definition) is 4. The summed E-state index contributed by atoms with van der Waals surface area (Å²) in [5.41, 5.74) is 0.448. The zero-order valence-electron chi connectivity index (χ0n) is 13.5. The standard InChI is InChI=1S/C16H24N2O4S/c1-12(2)10-17-16(19)13-5-7-15(8-6-13)23(20,21)18-11-14-4-3-9-22-14/h5-8,12,14,18H,3-4,9-11H2,1-2H3,(H,17,19). The van der Waals surface area contributed by atoms with Crippen LogP contribution in [0.4, 0.5) is 0 Å². The second-order valence-corrected chi connectivity index (χ2v) is 7.88. The lowest BCUT2D eigenvalue weighted by molar-refractivity contribution is 0.0949. The fraction of sp³-hybridized carbons (Fsp3) is 0.562. The van der Waals surface area contributed by atoms with Gasteiger partial charge in [0.2, 0.25) is 10.0 Å². The van der Waals surface area contributed by atoms with E-state index in [-0.39, 0.29) is 23.5 Å². The maximum Gasteiger partial charge on any atom is 0.251 e. The topological polar surface area (TPSA) is 84.5 Å². The molecule has 1 aliphatic rings. The van der Waals surface area contributed by atoms with E-state index in [1.165, 1.54) is 24.3 Å². The van der Waals surface area contributed by atoms with Crippen molar-refractivity contribution in [2.75, 3.05) is 19.7 Å². The number of sulfonamides is 1. The van der Waals surface area contributed by atoms with Crippen molar-refractivity contribution in [3.05, 3.63) is 29.8 Å². The minimum Gasteiger partial charge on any atom is -0.377 e. The number of carbonyl (C=O) groups excluding carboxylic acids is 1. The molecular weight excluding hydrogens is 316 g/mol. The molecule has 1 aromatic carbocycles. The number of carbonyl (C=O) groups is 1. The number of nitrogens with one attached hydrogen (secondary N) is 2. The Morgan fingerprint density at radius 1 is 1.30 bits per heavy atom. The van der Waals surface area contributed by atoms with E-state index in [1.807, 2.05) is 13.8 Å². The number of ether oxygens (including phenoxy) is 1. The van der Waals surface area contributed by atoms with Crippen LogP contribution in [0.3, 0.4) is 0 Å². The van der Waals surface area contributed by atoms with E-state index in [0.29, 0.717) is 24.6 Å². The van der Waals surface area contributed by atoms with Gasteiger partial charge in [-0.1, -0.05) is 13.8 Å². The molecule has 2 rings (SSSR count). The monoisotopic (exact) mass is 340 g/mol. The largest absolute Gasteiger partial charge is 0.377 e. The predicted molar refractivity (Wildman–Crippen MR) is 87.8 cm³/mol. The Labute approximate surface area is 137 Å². The number of benzene rings is 1. The van der Waals surface area contributed by atoms with Crippen molar-refractivity contribution < 1.29 is 17.9 Å². The molecule has 1 saturated heterocycles. The van der Waals surface area contributed by atoms with Crippen LogP contribution in [0.2, 0.25) is 0 Å². The van der Waals surface area contributed by atoms with Crippen LogP contribution in [0, 0.1) is 5.92 Å². The Bertz CT molecular complexity index is 620. The third-order valence-electron chi connectivity index (χ3n) is 3.62. The molecule has 1 heterocycles. The van der Waals surface area contributed by atoms with Gasteiger partial charge < -0.3 is 10.1 Å². The third-order valence-corrected chi connectivity index (χ3v) is 5.06. The van der Waals surface area contributed by atoms with Crippen LogP contribution < -0.4 is 10.0 Å². The van der Waals surface area contributed by atoms with E-state index < -0.39 is 10.0 Å². The highest BCUT2D eigenvalue weighted by Gasteiger charge is 2.20. The maximum absolute atomic E-state index is 12.2. The van der Waals surface area contributed by atoms with Crippen molar-refractivity contribution in [2.45, 2.75) is 37.7 Å². The first-order valence-electron chi connectivity index (χ1n) is 7.88. The molecule has 0 spiro atoms. The maximum atomic E-state index is 12.2. The third kappa shape index (κ3) is 5.30. The summed E-state index contributed by atoms with van der Waals surface area (Å²) in [5.74, 6) is 0.163. The van der Waals surface area contributed by atoms with Crippen LogP contribution in [-0.4, -0.2) is 40.1 Å². The van der Waals surface area contributed by atoms with Gasteiger partial charge in [-0.05, 0) is 43.0 Å². The van der Waals surface area contributed by atoms with Gasteiger partial charge in [-0.25, -0.2) is 13.1 Å². The molecule has 1 fully saturated rings. The average Bonchev–Trinajstić information content (AvgIpc) is 3.04. The molecule has 1 unspecified atom stereocenters. The summed E-state index contributed by atoms with van der Waals surface area (Å²) in [7, 11) is -3.58. The first-order chi connectivity index (χ1) is 10.9. The van der Waals surface area contributed by atoms with Crippen molar-refractivity contribution in [1.82, 2.24) is 10.0 Å². The second kappa shape index (κ2) is 7.90. The minimum atomic E-state index is -3.58. The van der Waals surface area contributed by atoms with Gasteiger partial charge in [-0.3, -0.25) is 4.79 Å². The number of rotatable bonds is 7. The van der Waals surface area contributed by atoms with Gasteiger partial charge in [0.25, 0.3) is 5.91 Å². The average molecular weight is 340 g/mol. The summed E-state index contributed by atoms with van der Waals surface area (Å²) in [6, 6.07) is 5.94. The van der Waals surface area contributed by atoms with E-state index in [9.17, 15) is 13.2 Å². The van der Waals surface area contributed by atoms with Gasteiger partial charge in [-0.15, -0.1) is 0 Å². The molecule has 0 aromatic heterocycles. The van der Waals surface area contributed by atoms with Crippen molar-refractivity contribution in [2.24, 2.45) is 5.92 Å². The SMILES string of the molecule is CC(C)CNC(=O)c1ccc(S(=O)(=O)NCC2CCCO2)cc1. The quantitative estimate of drug-likeness (QED) is 0.788. The summed E-state index contributed by atoms with van der Waals surface area (Å²) >= 11 is 0. The normalized spacial score (nSPS) is 18.3. The fourth-order valence-corrected chi connectivity index (χ4v) is 3.34. The Morgan fingerprint density at radius 3 is 2.57 bits per heavy atom. The lowest BCUT2D eigenvalue weighted by atomic mass is 10.2. The van der Waals surface area contributed by atoms with Crippen molar-refractivity contribution in [1.29, 1.82) is 0 Å². The molecule has 1 aromatic rings. The molecule has 0 radical (unpaired) electrons. The van der Waals surface area contributed by atoms with E-state index in [2.05, 4.69) is 10.0 Å². The highest BCUT2D eigenvalue weighted by molar-refractivity contribution is 7.89. The van der Waals surface area contributed by atoms with Gasteiger partial charge in [0, 0.05) is 25.3 Å². The van der Waals surface area contributed by atoms with Crippen molar-refractivity contribution in [3.63, 3.8) is 0 Å². The Balaban J connectivity index is 1.95. The highest BCUT2D eigenvalue weighted by Crippen LogP contribution is 2.14. The van der Waals surface area contributed by atoms with E-state index in [4.69, 9.17) is 4.74 Å². The first kappa shape index (κ1) is 17.9. The summed E-state index contributed by atoms with van der Waals surface area (Å²) in [6.07, 6.45) is 1.79. The molecule has 1 amide bonds. The van der Waals surface area contributed by atoms with E-state index in [1.54, 1.807) is 0 Å². The Hall–Kier alpha value is -1.44. The summed E-state index contributed by atoms with van der Waals surface area (Å²) < 4.78 is 32.4. The Kier molecular flexibility index (Phi) is 6.15. The zero-order valence-corrected chi connectivity index (χ0v) is 14.4. The summed E-state index contributed by atoms with van der Waals surface area (Å²) in [6.45, 7) is 5.57. The molecule has 1 aliphatic heterocycles. The molecule has 0 bridgehead atoms. The van der Waals surface area contributed by atoms with Crippen molar-refractivity contribution in [3.8, 4) is 0 Å². The van der Waals surface area contributed by atoms with E-state index >= 15 is 0 Å². The highest BCUT2D eigenvalue weighted by atomic mass is 32.2. The van der Waals surface area contributed by atoms with Crippen LogP contribution in [0.5, 0.6) is 0 Å². The van der Waals surface area contributed by atoms with Crippen LogP contribution in [0.1, 0.15) is 37.0 Å². The fourth-order valence-electron chi connectivity index (χ4n) is 2.28. The zero-order chi connectivity index (χ0) is 16.9. The molecule has 23 heavy (non-hydrogen) atoms. The van der Waals surface area contributed by atoms with Crippen LogP contribution in [-0.2, 0) is 14.8 Å². The van der Waals surface area contributed by atoms with Gasteiger partial charge in [-0.2, -0.15) is 0 Å². The van der Waals surface area contributed by atoms with Crippen LogP contribution >= 0.6 is 0 Å². The predicted octanol–water partition coefficient (Wildman–Crippen LogP) is 1.53. The van der Waals surface area contributed by atoms with Crippen molar-refractivity contribution >= 4 is 15.9 Å². The van der Waals surface area contributed by atoms with Crippen LogP contribution in [0.15, 0.2) is 29.2 Å². The molecule has 2 N–H and O–H groups in total. The van der Waals surface area contributed by atoms with Gasteiger partial charge in [0.15, 0.2) is 0 Å². The molecule has 6 nitrogen and oxygen atoms in total. The molecule has 7 heteroatoms. The molecular formula is C16H24N2O4S. The molecule has 0 saturated carbocycles. The summed E-state index contributed by atoms with van der Waals surface area (Å²) in [4.78, 5) is 12.1. The van der Waals surface area contributed by atoms with E-state index in [0.717, 1.165) is 12.8 Å². The first-order valence-corrected chi connectivity index (χ1v) is 9.36. The van der Waals surface area contributed by atoms with Gasteiger partial charge >= 0.3 is 0 Å². The van der Waals surface area contributed by atoms with Gasteiger partial charge in [0.05, 0.1) is 11.0 Å². The number of amides is 1. The minimum absolute atomic E-state index is 0.0501. The lowest BCUT2D eigenvalue weighted by Crippen LogP contribution is -2.32. The molecule has 1 atom stereocenters. The molecule has 0 aliphatic carbocycles. The molecule has 128 valence electrons. The van der Waals surface area contributed by atoms with Crippen LogP contribution in [0.25, 0.3) is 0 Å². The van der Waals surface area contributed by atoms with Gasteiger partial charge in [0.1, 0.15) is 0 Å².